The zero-order valence-electron chi connectivity index (χ0n) is 16.3. The number of rotatable bonds is 5. The highest BCUT2D eigenvalue weighted by Crippen LogP contribution is 2.31. The molecule has 1 amide bonds. The first-order chi connectivity index (χ1) is 14.1. The molecule has 2 aliphatic rings. The number of carbonyl (C=O) groups excluding carboxylic acids is 1. The molecule has 146 valence electrons. The lowest BCUT2D eigenvalue weighted by Crippen LogP contribution is -2.35. The number of carbonyl (C=O) groups is 1. The number of amidine groups is 2. The van der Waals surface area contributed by atoms with Crippen LogP contribution in [0, 0.1) is 5.41 Å². The molecule has 0 saturated carbocycles. The Morgan fingerprint density at radius 1 is 1.07 bits per heavy atom. The van der Waals surface area contributed by atoms with E-state index in [-0.39, 0.29) is 11.4 Å². The van der Waals surface area contributed by atoms with E-state index >= 15 is 0 Å². The minimum absolute atomic E-state index is 0.0475. The first-order valence-electron chi connectivity index (χ1n) is 9.51. The minimum atomic E-state index is -0.411. The van der Waals surface area contributed by atoms with Crippen molar-refractivity contribution in [2.24, 2.45) is 10.1 Å². The van der Waals surface area contributed by atoms with Gasteiger partial charge in [0.2, 0.25) is 5.17 Å². The summed E-state index contributed by atoms with van der Waals surface area (Å²) < 4.78 is 0. The van der Waals surface area contributed by atoms with Gasteiger partial charge in [-0.15, -0.1) is 0 Å². The van der Waals surface area contributed by atoms with Gasteiger partial charge in [0.05, 0.1) is 5.57 Å². The number of aliphatic imine (C=N–C) groups is 1. The fourth-order valence-electron chi connectivity index (χ4n) is 3.23. The van der Waals surface area contributed by atoms with Gasteiger partial charge in [0, 0.05) is 24.3 Å². The molecule has 7 heteroatoms. The summed E-state index contributed by atoms with van der Waals surface area (Å²) in [6.45, 7) is 6.11. The van der Waals surface area contributed by atoms with Crippen LogP contribution in [-0.2, 0) is 4.79 Å². The number of anilines is 1. The number of amides is 1. The van der Waals surface area contributed by atoms with Crippen LogP contribution < -0.4 is 4.90 Å². The molecule has 29 heavy (non-hydrogen) atoms. The Balaban J connectivity index is 1.61. The Bertz CT molecular complexity index is 1040. The third-order valence-corrected chi connectivity index (χ3v) is 5.77. The van der Waals surface area contributed by atoms with Gasteiger partial charge in [0.1, 0.15) is 5.04 Å². The van der Waals surface area contributed by atoms with Gasteiger partial charge >= 0.3 is 0 Å². The van der Waals surface area contributed by atoms with Crippen molar-refractivity contribution in [1.29, 1.82) is 5.41 Å². The number of nitrogens with zero attached hydrogens (tertiary/aromatic N) is 4. The highest BCUT2D eigenvalue weighted by Gasteiger charge is 2.35. The van der Waals surface area contributed by atoms with E-state index < -0.39 is 5.91 Å². The van der Waals surface area contributed by atoms with Gasteiger partial charge in [-0.25, -0.2) is 0 Å². The van der Waals surface area contributed by atoms with Crippen molar-refractivity contribution in [3.8, 4) is 0 Å². The SMILES string of the molecule is CCN(CC)c1ccc(C=C2C(=N)N3N=C(c4ccccc4)SC3=NC2=O)cc1. The summed E-state index contributed by atoms with van der Waals surface area (Å²) >= 11 is 1.31. The number of hydrazone groups is 1. The Morgan fingerprint density at radius 2 is 1.76 bits per heavy atom. The van der Waals surface area contributed by atoms with Crippen LogP contribution in [0.5, 0.6) is 0 Å². The van der Waals surface area contributed by atoms with Crippen molar-refractivity contribution in [3.63, 3.8) is 0 Å². The Morgan fingerprint density at radius 3 is 2.41 bits per heavy atom. The van der Waals surface area contributed by atoms with Crippen LogP contribution >= 0.6 is 11.8 Å². The van der Waals surface area contributed by atoms with E-state index in [0.29, 0.717) is 5.17 Å². The van der Waals surface area contributed by atoms with Gasteiger partial charge < -0.3 is 4.90 Å². The average Bonchev–Trinajstić information content (AvgIpc) is 3.18. The summed E-state index contributed by atoms with van der Waals surface area (Å²) in [5.41, 5.74) is 3.16. The van der Waals surface area contributed by atoms with Crippen LogP contribution in [0.2, 0.25) is 0 Å². The molecule has 0 radical (unpaired) electrons. The predicted molar refractivity (Wildman–Crippen MR) is 121 cm³/mol. The molecule has 0 bridgehead atoms. The lowest BCUT2D eigenvalue weighted by Gasteiger charge is -2.21. The largest absolute Gasteiger partial charge is 0.372 e. The zero-order chi connectivity index (χ0) is 20.4. The summed E-state index contributed by atoms with van der Waals surface area (Å²) in [4.78, 5) is 19.0. The number of fused-ring (bicyclic) bond motifs is 1. The first kappa shape index (κ1) is 19.1. The third-order valence-electron chi connectivity index (χ3n) is 4.81. The molecule has 0 spiro atoms. The minimum Gasteiger partial charge on any atom is -0.372 e. The van der Waals surface area contributed by atoms with Crippen LogP contribution in [0.25, 0.3) is 6.08 Å². The smallest absolute Gasteiger partial charge is 0.283 e. The molecule has 0 unspecified atom stereocenters. The zero-order valence-corrected chi connectivity index (χ0v) is 17.1. The molecule has 2 aliphatic heterocycles. The molecule has 0 aliphatic carbocycles. The van der Waals surface area contributed by atoms with Gasteiger partial charge in [-0.05, 0) is 49.4 Å². The normalized spacial score (nSPS) is 17.3. The van der Waals surface area contributed by atoms with Crippen molar-refractivity contribution in [1.82, 2.24) is 5.01 Å². The van der Waals surface area contributed by atoms with Crippen molar-refractivity contribution >= 4 is 45.5 Å². The van der Waals surface area contributed by atoms with Crippen LogP contribution in [-0.4, -0.2) is 40.1 Å². The molecule has 2 aromatic carbocycles. The molecule has 0 aromatic heterocycles. The maximum atomic E-state index is 12.6. The van der Waals surface area contributed by atoms with E-state index in [1.807, 2.05) is 54.6 Å². The summed E-state index contributed by atoms with van der Waals surface area (Å²) in [5.74, 6) is -0.364. The lowest BCUT2D eigenvalue weighted by atomic mass is 10.1. The maximum absolute atomic E-state index is 12.6. The van der Waals surface area contributed by atoms with E-state index in [9.17, 15) is 4.79 Å². The topological polar surface area (TPSA) is 72.1 Å². The van der Waals surface area contributed by atoms with Crippen molar-refractivity contribution in [3.05, 3.63) is 71.3 Å². The van der Waals surface area contributed by atoms with Crippen molar-refractivity contribution < 1.29 is 4.79 Å². The molecule has 4 rings (SSSR count). The highest BCUT2D eigenvalue weighted by atomic mass is 32.2. The molecular formula is C22H21N5OS. The van der Waals surface area contributed by atoms with E-state index in [4.69, 9.17) is 5.41 Å². The van der Waals surface area contributed by atoms with Gasteiger partial charge in [0.25, 0.3) is 5.91 Å². The molecule has 0 fully saturated rings. The lowest BCUT2D eigenvalue weighted by molar-refractivity contribution is -0.114. The second-order valence-electron chi connectivity index (χ2n) is 6.56. The first-order valence-corrected chi connectivity index (χ1v) is 10.3. The van der Waals surface area contributed by atoms with E-state index in [0.717, 1.165) is 34.9 Å². The van der Waals surface area contributed by atoms with E-state index in [2.05, 4.69) is 28.8 Å². The van der Waals surface area contributed by atoms with Gasteiger partial charge in [-0.2, -0.15) is 15.1 Å². The van der Waals surface area contributed by atoms with E-state index in [1.54, 1.807) is 6.08 Å². The molecule has 0 saturated heterocycles. The monoisotopic (exact) mass is 403 g/mol. The van der Waals surface area contributed by atoms with Crippen LogP contribution in [0.4, 0.5) is 5.69 Å². The van der Waals surface area contributed by atoms with Gasteiger partial charge in [0.15, 0.2) is 5.84 Å². The highest BCUT2D eigenvalue weighted by molar-refractivity contribution is 8.27. The maximum Gasteiger partial charge on any atom is 0.283 e. The molecule has 2 heterocycles. The Labute approximate surface area is 174 Å². The van der Waals surface area contributed by atoms with Crippen LogP contribution in [0.1, 0.15) is 25.0 Å². The molecular weight excluding hydrogens is 382 g/mol. The summed E-state index contributed by atoms with van der Waals surface area (Å²) in [5, 5.41) is 15.6. The Kier molecular flexibility index (Phi) is 5.31. The fourth-order valence-corrected chi connectivity index (χ4v) is 4.12. The summed E-state index contributed by atoms with van der Waals surface area (Å²) in [7, 11) is 0. The number of thioether (sulfide) groups is 1. The quantitative estimate of drug-likeness (QED) is 0.760. The van der Waals surface area contributed by atoms with Gasteiger partial charge in [-0.3, -0.25) is 10.2 Å². The number of nitrogens with one attached hydrogen (secondary N) is 1. The number of hydrogen-bond donors (Lipinski definition) is 1. The standard InChI is InChI=1S/C22H21N5OS/c1-3-26(4-2)17-12-10-15(11-13-17)14-18-19(23)27-22(24-20(18)28)29-21(25-27)16-8-6-5-7-9-16/h5-14,23H,3-4H2,1-2H3. The second kappa shape index (κ2) is 8.05. The second-order valence-corrected chi connectivity index (χ2v) is 7.51. The summed E-state index contributed by atoms with van der Waals surface area (Å²) in [6, 6.07) is 17.7. The Hall–Kier alpha value is -3.19. The van der Waals surface area contributed by atoms with Crippen molar-refractivity contribution in [2.75, 3.05) is 18.0 Å². The van der Waals surface area contributed by atoms with Crippen LogP contribution in [0.3, 0.4) is 0 Å². The average molecular weight is 404 g/mol. The molecule has 6 nitrogen and oxygen atoms in total. The number of benzene rings is 2. The summed E-state index contributed by atoms with van der Waals surface area (Å²) in [6.07, 6.45) is 1.71. The van der Waals surface area contributed by atoms with Crippen LogP contribution in [0.15, 0.2) is 70.3 Å². The molecule has 1 N–H and O–H groups in total. The van der Waals surface area contributed by atoms with Crippen molar-refractivity contribution in [2.45, 2.75) is 13.8 Å². The fraction of sp³-hybridized carbons (Fsp3) is 0.182. The van der Waals surface area contributed by atoms with E-state index in [1.165, 1.54) is 16.8 Å². The van der Waals surface area contributed by atoms with Gasteiger partial charge in [-0.1, -0.05) is 42.5 Å². The predicted octanol–water partition coefficient (Wildman–Crippen LogP) is 4.20. The molecule has 2 aromatic rings. The third kappa shape index (κ3) is 3.73. The molecule has 0 atom stereocenters. The number of hydrogen-bond acceptors (Lipinski definition) is 5.